The SMILES string of the molecule is CCCCCCC/C=C\C/C=C\C/C=C\CCCCCCCCCCC(=O)OCC(COC(=O)CCCCCCCCCCCCCCCCC)OC(=O)CCCCCCCCCCCCCCCCCCCC. The van der Waals surface area contributed by atoms with Crippen LogP contribution in [0.1, 0.15) is 361 Å². The van der Waals surface area contributed by atoms with Crippen molar-refractivity contribution in [1.82, 2.24) is 0 Å². The van der Waals surface area contributed by atoms with E-state index in [2.05, 4.69) is 57.2 Å². The second kappa shape index (κ2) is 63.2. The van der Waals surface area contributed by atoms with Crippen LogP contribution in [0.15, 0.2) is 36.5 Å². The molecule has 0 heterocycles. The summed E-state index contributed by atoms with van der Waals surface area (Å²) in [6.07, 6.45) is 77.2. The van der Waals surface area contributed by atoms with E-state index in [1.165, 1.54) is 244 Å². The van der Waals surface area contributed by atoms with Gasteiger partial charge in [-0.15, -0.1) is 0 Å². The third-order valence-corrected chi connectivity index (χ3v) is 14.9. The molecule has 0 N–H and O–H groups in total. The maximum atomic E-state index is 12.9. The number of unbranched alkanes of at least 4 members (excludes halogenated alkanes) is 44. The average Bonchev–Trinajstić information content (AvgIpc) is 3.40. The normalized spacial score (nSPS) is 12.2. The molecule has 0 aromatic rings. The zero-order valence-corrected chi connectivity index (χ0v) is 49.9. The highest BCUT2D eigenvalue weighted by Gasteiger charge is 2.19. The zero-order chi connectivity index (χ0) is 53.6. The molecule has 1 atom stereocenters. The second-order valence-electron chi connectivity index (χ2n) is 22.4. The Balaban J connectivity index is 4.31. The molecule has 0 spiro atoms. The van der Waals surface area contributed by atoms with Gasteiger partial charge in [-0.25, -0.2) is 0 Å². The summed E-state index contributed by atoms with van der Waals surface area (Å²) in [5, 5.41) is 0. The largest absolute Gasteiger partial charge is 0.462 e. The number of ether oxygens (including phenoxy) is 3. The first-order chi connectivity index (χ1) is 36.5. The van der Waals surface area contributed by atoms with Gasteiger partial charge in [-0.2, -0.15) is 0 Å². The molecule has 6 heteroatoms. The predicted molar refractivity (Wildman–Crippen MR) is 321 cm³/mol. The van der Waals surface area contributed by atoms with Crippen molar-refractivity contribution < 1.29 is 28.6 Å². The monoisotopic (exact) mass is 1040 g/mol. The highest BCUT2D eigenvalue weighted by Crippen LogP contribution is 2.18. The molecular formula is C68H126O6. The molecule has 0 amide bonds. The number of allylic oxidation sites excluding steroid dienone is 6. The fourth-order valence-corrected chi connectivity index (χ4v) is 9.92. The van der Waals surface area contributed by atoms with Gasteiger partial charge in [0.1, 0.15) is 13.2 Å². The van der Waals surface area contributed by atoms with Gasteiger partial charge in [0.25, 0.3) is 0 Å². The molecule has 0 saturated heterocycles. The molecule has 0 radical (unpaired) electrons. The summed E-state index contributed by atoms with van der Waals surface area (Å²) in [5.41, 5.74) is 0. The minimum atomic E-state index is -0.772. The molecule has 0 fully saturated rings. The van der Waals surface area contributed by atoms with Gasteiger partial charge in [0, 0.05) is 19.3 Å². The first-order valence-corrected chi connectivity index (χ1v) is 33.0. The Bertz CT molecular complexity index is 1240. The van der Waals surface area contributed by atoms with E-state index in [1.807, 2.05) is 0 Å². The third kappa shape index (κ3) is 60.5. The van der Waals surface area contributed by atoms with Gasteiger partial charge in [0.05, 0.1) is 0 Å². The first-order valence-electron chi connectivity index (χ1n) is 33.0. The Hall–Kier alpha value is -2.37. The number of esters is 3. The van der Waals surface area contributed by atoms with E-state index >= 15 is 0 Å². The van der Waals surface area contributed by atoms with Crippen molar-refractivity contribution >= 4 is 17.9 Å². The van der Waals surface area contributed by atoms with Gasteiger partial charge in [0.15, 0.2) is 6.10 Å². The summed E-state index contributed by atoms with van der Waals surface area (Å²) in [4.78, 5) is 38.3. The van der Waals surface area contributed by atoms with Gasteiger partial charge < -0.3 is 14.2 Å². The van der Waals surface area contributed by atoms with Crippen LogP contribution in [0.25, 0.3) is 0 Å². The number of hydrogen-bond donors (Lipinski definition) is 0. The summed E-state index contributed by atoms with van der Waals surface area (Å²) in [5.74, 6) is -0.849. The van der Waals surface area contributed by atoms with Crippen LogP contribution in [0.4, 0.5) is 0 Å². The van der Waals surface area contributed by atoms with Crippen LogP contribution >= 0.6 is 0 Å². The van der Waals surface area contributed by atoms with E-state index < -0.39 is 6.10 Å². The van der Waals surface area contributed by atoms with Crippen molar-refractivity contribution in [1.29, 1.82) is 0 Å². The van der Waals surface area contributed by atoms with E-state index in [-0.39, 0.29) is 31.1 Å². The fourth-order valence-electron chi connectivity index (χ4n) is 9.92. The fraction of sp³-hybridized carbons (Fsp3) is 0.868. The Labute approximate surface area is 461 Å². The van der Waals surface area contributed by atoms with Crippen LogP contribution in [0.5, 0.6) is 0 Å². The maximum Gasteiger partial charge on any atom is 0.306 e. The number of hydrogen-bond acceptors (Lipinski definition) is 6. The number of carbonyl (C=O) groups is 3. The number of carbonyl (C=O) groups excluding carboxylic acids is 3. The molecular weight excluding hydrogens is 913 g/mol. The second-order valence-corrected chi connectivity index (χ2v) is 22.4. The van der Waals surface area contributed by atoms with E-state index in [0.29, 0.717) is 19.3 Å². The summed E-state index contributed by atoms with van der Waals surface area (Å²) in [6, 6.07) is 0. The van der Waals surface area contributed by atoms with Gasteiger partial charge in [-0.1, -0.05) is 320 Å². The Morgan fingerprint density at radius 3 is 0.757 bits per heavy atom. The van der Waals surface area contributed by atoms with Crippen LogP contribution in [-0.2, 0) is 28.6 Å². The van der Waals surface area contributed by atoms with Crippen molar-refractivity contribution in [2.75, 3.05) is 13.2 Å². The zero-order valence-electron chi connectivity index (χ0n) is 49.9. The van der Waals surface area contributed by atoms with Crippen LogP contribution in [0.2, 0.25) is 0 Å². The van der Waals surface area contributed by atoms with Crippen molar-refractivity contribution in [2.45, 2.75) is 367 Å². The van der Waals surface area contributed by atoms with Crippen LogP contribution in [0, 0.1) is 0 Å². The molecule has 1 unspecified atom stereocenters. The molecule has 0 aliphatic heterocycles. The molecule has 6 nitrogen and oxygen atoms in total. The molecule has 0 aromatic heterocycles. The summed E-state index contributed by atoms with van der Waals surface area (Å²) < 4.78 is 17.0. The lowest BCUT2D eigenvalue weighted by Gasteiger charge is -2.18. The maximum absolute atomic E-state index is 12.9. The molecule has 0 aromatic carbocycles. The lowest BCUT2D eigenvalue weighted by molar-refractivity contribution is -0.167. The lowest BCUT2D eigenvalue weighted by Crippen LogP contribution is -2.30. The minimum Gasteiger partial charge on any atom is -0.462 e. The predicted octanol–water partition coefficient (Wildman–Crippen LogP) is 22.4. The van der Waals surface area contributed by atoms with Crippen molar-refractivity contribution in [2.24, 2.45) is 0 Å². The topological polar surface area (TPSA) is 78.9 Å². The van der Waals surface area contributed by atoms with Crippen molar-refractivity contribution in [3.05, 3.63) is 36.5 Å². The molecule has 0 saturated carbocycles. The minimum absolute atomic E-state index is 0.0687. The first kappa shape index (κ1) is 71.6. The highest BCUT2D eigenvalue weighted by molar-refractivity contribution is 5.71. The summed E-state index contributed by atoms with van der Waals surface area (Å²) >= 11 is 0. The van der Waals surface area contributed by atoms with Gasteiger partial charge in [-0.05, 0) is 57.8 Å². The van der Waals surface area contributed by atoms with Gasteiger partial charge in [-0.3, -0.25) is 14.4 Å². The van der Waals surface area contributed by atoms with E-state index in [9.17, 15) is 14.4 Å². The van der Waals surface area contributed by atoms with E-state index in [1.54, 1.807) is 0 Å². The van der Waals surface area contributed by atoms with Crippen LogP contribution in [0.3, 0.4) is 0 Å². The average molecular weight is 1040 g/mol. The van der Waals surface area contributed by atoms with Crippen molar-refractivity contribution in [3.63, 3.8) is 0 Å². The van der Waals surface area contributed by atoms with Crippen LogP contribution in [-0.4, -0.2) is 37.2 Å². The Kier molecular flexibility index (Phi) is 61.1. The quantitative estimate of drug-likeness (QED) is 0.0261. The third-order valence-electron chi connectivity index (χ3n) is 14.9. The molecule has 74 heavy (non-hydrogen) atoms. The Morgan fingerprint density at radius 1 is 0.270 bits per heavy atom. The summed E-state index contributed by atoms with van der Waals surface area (Å²) in [6.45, 7) is 6.69. The molecule has 0 aliphatic rings. The smallest absolute Gasteiger partial charge is 0.306 e. The lowest BCUT2D eigenvalue weighted by atomic mass is 10.0. The van der Waals surface area contributed by atoms with Crippen LogP contribution < -0.4 is 0 Å². The standard InChI is InChI=1S/C68H126O6/c1-4-7-10-13-16-19-22-25-28-30-32-33-34-35-36-38-40-43-46-49-52-55-58-61-67(70)73-64-65(63-72-66(69)60-57-54-51-48-45-42-39-27-24-21-18-15-12-9-6-3)74-68(71)62-59-56-53-50-47-44-41-37-31-29-26-23-20-17-14-11-8-5-2/h22,25,30,32,34-35,65H,4-21,23-24,26-29,31,33,36-64H2,1-3H3/b25-22-,32-30-,35-34-. The molecule has 434 valence electrons. The number of rotatable bonds is 61. The van der Waals surface area contributed by atoms with Crippen molar-refractivity contribution in [3.8, 4) is 0 Å². The highest BCUT2D eigenvalue weighted by atomic mass is 16.6. The molecule has 0 bridgehead atoms. The van der Waals surface area contributed by atoms with Gasteiger partial charge >= 0.3 is 17.9 Å². The van der Waals surface area contributed by atoms with Gasteiger partial charge in [0.2, 0.25) is 0 Å². The summed E-state index contributed by atoms with van der Waals surface area (Å²) in [7, 11) is 0. The van der Waals surface area contributed by atoms with E-state index in [4.69, 9.17) is 14.2 Å². The molecule has 0 rings (SSSR count). The Morgan fingerprint density at radius 2 is 0.486 bits per heavy atom. The molecule has 0 aliphatic carbocycles. The van der Waals surface area contributed by atoms with E-state index in [0.717, 1.165) is 77.0 Å².